The maximum Gasteiger partial charge on any atom is 0.289 e. The Hall–Kier alpha value is -1.67. The maximum atomic E-state index is 11.7. The predicted molar refractivity (Wildman–Crippen MR) is 57.3 cm³/mol. The van der Waals surface area contributed by atoms with E-state index in [4.69, 9.17) is 5.73 Å². The first kappa shape index (κ1) is 10.8. The highest BCUT2D eigenvalue weighted by Crippen LogP contribution is 2.03. The number of nitrogens with one attached hydrogen (secondary N) is 2. The number of likely N-dealkylation sites (N-methyl/N-ethyl adjacent to an activating group) is 1. The first-order chi connectivity index (χ1) is 7.66. The normalized spacial score (nSPS) is 18.6. The second-order valence-corrected chi connectivity index (χ2v) is 3.79. The predicted octanol–water partition coefficient (Wildman–Crippen LogP) is -1.72. The van der Waals surface area contributed by atoms with Crippen molar-refractivity contribution >= 4 is 11.7 Å². The topological polar surface area (TPSA) is 103 Å². The molecule has 1 saturated heterocycles. The molecule has 8 heteroatoms. The number of aromatic amines is 1. The van der Waals surface area contributed by atoms with Crippen molar-refractivity contribution in [3.63, 3.8) is 0 Å². The minimum Gasteiger partial charge on any atom is -0.380 e. The summed E-state index contributed by atoms with van der Waals surface area (Å²) in [5.74, 6) is -0.206. The summed E-state index contributed by atoms with van der Waals surface area (Å²) < 4.78 is 0. The highest BCUT2D eigenvalue weighted by molar-refractivity contribution is 5.95. The molecule has 1 amide bonds. The van der Waals surface area contributed by atoms with E-state index in [9.17, 15) is 4.79 Å². The van der Waals surface area contributed by atoms with Crippen molar-refractivity contribution in [2.75, 3.05) is 39.0 Å². The van der Waals surface area contributed by atoms with Gasteiger partial charge in [-0.1, -0.05) is 0 Å². The molecular weight excluding hydrogens is 210 g/mol. The fraction of sp³-hybridized carbons (Fsp3) is 0.625. The van der Waals surface area contributed by atoms with Crippen molar-refractivity contribution in [3.8, 4) is 0 Å². The molecule has 1 fully saturated rings. The van der Waals surface area contributed by atoms with Crippen LogP contribution in [-0.4, -0.2) is 64.5 Å². The Morgan fingerprint density at radius 3 is 2.62 bits per heavy atom. The van der Waals surface area contributed by atoms with Crippen LogP contribution >= 0.6 is 0 Å². The van der Waals surface area contributed by atoms with Gasteiger partial charge in [-0.15, -0.1) is 10.2 Å². The smallest absolute Gasteiger partial charge is 0.289 e. The lowest BCUT2D eigenvalue weighted by Crippen LogP contribution is -2.52. The van der Waals surface area contributed by atoms with Crippen molar-refractivity contribution in [1.82, 2.24) is 30.7 Å². The highest BCUT2D eigenvalue weighted by Gasteiger charge is 2.19. The Balaban J connectivity index is 1.91. The van der Waals surface area contributed by atoms with E-state index in [-0.39, 0.29) is 17.4 Å². The number of hydrogen-bond donors (Lipinski definition) is 3. The quantitative estimate of drug-likeness (QED) is 0.553. The van der Waals surface area contributed by atoms with Gasteiger partial charge in [0.15, 0.2) is 11.5 Å². The Labute approximate surface area is 92.7 Å². The summed E-state index contributed by atoms with van der Waals surface area (Å²) in [5.41, 5.74) is 8.36. The van der Waals surface area contributed by atoms with Crippen molar-refractivity contribution in [3.05, 3.63) is 5.69 Å². The number of piperazine rings is 1. The van der Waals surface area contributed by atoms with Crippen LogP contribution in [0.3, 0.4) is 0 Å². The molecule has 0 spiro atoms. The monoisotopic (exact) mass is 225 g/mol. The summed E-state index contributed by atoms with van der Waals surface area (Å²) in [6.07, 6.45) is 0. The van der Waals surface area contributed by atoms with E-state index in [1.165, 1.54) is 0 Å². The number of hydrogen-bond acceptors (Lipinski definition) is 6. The third-order valence-corrected chi connectivity index (χ3v) is 2.55. The SMILES string of the molecule is CN1CCN(NC(=O)c2n[nH]nc2N)CC1. The summed E-state index contributed by atoms with van der Waals surface area (Å²) in [6, 6.07) is 0. The number of anilines is 1. The van der Waals surface area contributed by atoms with Gasteiger partial charge in [0.1, 0.15) is 0 Å². The maximum absolute atomic E-state index is 11.7. The Kier molecular flexibility index (Phi) is 3.02. The molecule has 0 aromatic carbocycles. The van der Waals surface area contributed by atoms with Gasteiger partial charge in [0, 0.05) is 26.2 Å². The summed E-state index contributed by atoms with van der Waals surface area (Å²) in [7, 11) is 2.05. The molecule has 1 aliphatic rings. The molecular formula is C8H15N7O. The lowest BCUT2D eigenvalue weighted by atomic mass is 10.4. The van der Waals surface area contributed by atoms with Gasteiger partial charge >= 0.3 is 0 Å². The number of H-pyrrole nitrogens is 1. The summed E-state index contributed by atoms with van der Waals surface area (Å²) >= 11 is 0. The van der Waals surface area contributed by atoms with E-state index >= 15 is 0 Å². The van der Waals surface area contributed by atoms with Gasteiger partial charge in [-0.25, -0.2) is 5.01 Å². The van der Waals surface area contributed by atoms with Crippen molar-refractivity contribution in [2.45, 2.75) is 0 Å². The number of nitrogen functional groups attached to an aromatic ring is 1. The Morgan fingerprint density at radius 2 is 2.06 bits per heavy atom. The first-order valence-electron chi connectivity index (χ1n) is 5.07. The second-order valence-electron chi connectivity index (χ2n) is 3.79. The van der Waals surface area contributed by atoms with E-state index in [1.54, 1.807) is 0 Å². The van der Waals surface area contributed by atoms with Crippen LogP contribution in [0.4, 0.5) is 5.82 Å². The molecule has 2 heterocycles. The molecule has 1 aromatic heterocycles. The minimum absolute atomic E-state index is 0.117. The van der Waals surface area contributed by atoms with Crippen LogP contribution in [-0.2, 0) is 0 Å². The highest BCUT2D eigenvalue weighted by atomic mass is 16.2. The van der Waals surface area contributed by atoms with Gasteiger partial charge < -0.3 is 10.6 Å². The van der Waals surface area contributed by atoms with E-state index in [0.29, 0.717) is 0 Å². The number of nitrogens with two attached hydrogens (primary N) is 1. The molecule has 0 saturated carbocycles. The fourth-order valence-electron chi connectivity index (χ4n) is 1.52. The van der Waals surface area contributed by atoms with Crippen LogP contribution in [0, 0.1) is 0 Å². The van der Waals surface area contributed by atoms with Gasteiger partial charge in [0.05, 0.1) is 0 Å². The van der Waals surface area contributed by atoms with Gasteiger partial charge in [0.25, 0.3) is 5.91 Å². The van der Waals surface area contributed by atoms with Crippen LogP contribution in [0.25, 0.3) is 0 Å². The van der Waals surface area contributed by atoms with Crippen molar-refractivity contribution in [2.24, 2.45) is 0 Å². The summed E-state index contributed by atoms with van der Waals surface area (Å²) in [4.78, 5) is 13.9. The fourth-order valence-corrected chi connectivity index (χ4v) is 1.52. The van der Waals surface area contributed by atoms with Gasteiger partial charge in [0.2, 0.25) is 0 Å². The Bertz CT molecular complexity index is 368. The van der Waals surface area contributed by atoms with Crippen LogP contribution < -0.4 is 11.2 Å². The molecule has 16 heavy (non-hydrogen) atoms. The molecule has 88 valence electrons. The molecule has 1 aliphatic heterocycles. The average molecular weight is 225 g/mol. The third kappa shape index (κ3) is 2.28. The molecule has 0 aliphatic carbocycles. The number of hydrazine groups is 1. The summed E-state index contributed by atoms with van der Waals surface area (Å²) in [6.45, 7) is 3.43. The number of aromatic nitrogens is 3. The van der Waals surface area contributed by atoms with Crippen LogP contribution in [0.2, 0.25) is 0 Å². The molecule has 0 atom stereocenters. The molecule has 1 aromatic rings. The first-order valence-corrected chi connectivity index (χ1v) is 5.07. The van der Waals surface area contributed by atoms with E-state index in [0.717, 1.165) is 26.2 Å². The standard InChI is InChI=1S/C8H15N7O/c1-14-2-4-15(5-3-14)12-8(16)6-7(9)11-13-10-6/h2-5H2,1H3,(H,12,16)(H3,9,10,11,13). The van der Waals surface area contributed by atoms with E-state index < -0.39 is 0 Å². The molecule has 2 rings (SSSR count). The zero-order chi connectivity index (χ0) is 11.5. The second kappa shape index (κ2) is 4.45. The number of rotatable bonds is 2. The lowest BCUT2D eigenvalue weighted by Gasteiger charge is -2.32. The average Bonchev–Trinajstić information content (AvgIpc) is 2.68. The number of nitrogens with zero attached hydrogens (tertiary/aromatic N) is 4. The number of carbonyl (C=O) groups excluding carboxylic acids is 1. The molecule has 0 unspecified atom stereocenters. The number of amides is 1. The van der Waals surface area contributed by atoms with E-state index in [2.05, 4.69) is 32.8 Å². The van der Waals surface area contributed by atoms with Gasteiger partial charge in [-0.05, 0) is 7.05 Å². The minimum atomic E-state index is -0.323. The van der Waals surface area contributed by atoms with Crippen LogP contribution in [0.5, 0.6) is 0 Å². The van der Waals surface area contributed by atoms with Crippen LogP contribution in [0.15, 0.2) is 0 Å². The third-order valence-electron chi connectivity index (χ3n) is 2.55. The van der Waals surface area contributed by atoms with E-state index in [1.807, 2.05) is 5.01 Å². The zero-order valence-corrected chi connectivity index (χ0v) is 9.10. The molecule has 0 radical (unpaired) electrons. The molecule has 0 bridgehead atoms. The van der Waals surface area contributed by atoms with Crippen molar-refractivity contribution in [1.29, 1.82) is 0 Å². The van der Waals surface area contributed by atoms with Gasteiger partial charge in [-0.2, -0.15) is 5.21 Å². The number of carbonyl (C=O) groups is 1. The largest absolute Gasteiger partial charge is 0.380 e. The van der Waals surface area contributed by atoms with Crippen LogP contribution in [0.1, 0.15) is 10.5 Å². The zero-order valence-electron chi connectivity index (χ0n) is 9.10. The lowest BCUT2D eigenvalue weighted by molar-refractivity contribution is 0.0658. The molecule has 4 N–H and O–H groups in total. The van der Waals surface area contributed by atoms with Crippen molar-refractivity contribution < 1.29 is 4.79 Å². The molecule has 8 nitrogen and oxygen atoms in total. The van der Waals surface area contributed by atoms with Gasteiger partial charge in [-0.3, -0.25) is 10.2 Å². The summed E-state index contributed by atoms with van der Waals surface area (Å²) in [5, 5.41) is 11.5. The Morgan fingerprint density at radius 1 is 1.38 bits per heavy atom.